The van der Waals surface area contributed by atoms with Gasteiger partial charge in [0.05, 0.1) is 0 Å². The highest BCUT2D eigenvalue weighted by Gasteiger charge is 2.17. The smallest absolute Gasteiger partial charge is 0.355 e. The summed E-state index contributed by atoms with van der Waals surface area (Å²) in [4.78, 5) is 20.1. The van der Waals surface area contributed by atoms with E-state index >= 15 is 0 Å². The van der Waals surface area contributed by atoms with Crippen molar-refractivity contribution in [3.05, 3.63) is 35.1 Å². The lowest BCUT2D eigenvalue weighted by atomic mass is 10.2. The first-order valence-electron chi connectivity index (χ1n) is 5.35. The maximum Gasteiger partial charge on any atom is 0.355 e. The zero-order valence-electron chi connectivity index (χ0n) is 9.38. The van der Waals surface area contributed by atoms with Crippen LogP contribution in [0.3, 0.4) is 0 Å². The summed E-state index contributed by atoms with van der Waals surface area (Å²) in [5.41, 5.74) is 1.04. The van der Waals surface area contributed by atoms with Crippen LogP contribution in [0.1, 0.15) is 28.7 Å². The number of carboxylic acids is 1. The monoisotopic (exact) mass is 248 g/mol. The summed E-state index contributed by atoms with van der Waals surface area (Å²) in [7, 11) is 0. The molecule has 4 nitrogen and oxygen atoms in total. The zero-order valence-corrected chi connectivity index (χ0v) is 10.2. The minimum absolute atomic E-state index is 0.177. The van der Waals surface area contributed by atoms with Gasteiger partial charge in [0.25, 0.3) is 0 Å². The van der Waals surface area contributed by atoms with Gasteiger partial charge in [0.2, 0.25) is 0 Å². The van der Waals surface area contributed by atoms with E-state index in [2.05, 4.69) is 9.97 Å². The number of aromatic carboxylic acids is 1. The molecule has 2 aromatic heterocycles. The lowest BCUT2D eigenvalue weighted by Crippen LogP contribution is -2.00. The fourth-order valence-electron chi connectivity index (χ4n) is 1.53. The van der Waals surface area contributed by atoms with E-state index in [9.17, 15) is 4.79 Å². The molecule has 0 unspecified atom stereocenters. The van der Waals surface area contributed by atoms with E-state index in [4.69, 9.17) is 5.11 Å². The quantitative estimate of drug-likeness (QED) is 0.903. The fraction of sp³-hybridized carbons (Fsp3) is 0.250. The van der Waals surface area contributed by atoms with E-state index in [1.165, 1.54) is 11.3 Å². The molecule has 0 atom stereocenters. The van der Waals surface area contributed by atoms with Crippen molar-refractivity contribution in [2.75, 3.05) is 0 Å². The predicted octanol–water partition coefficient (Wildman–Crippen LogP) is 2.86. The minimum Gasteiger partial charge on any atom is -0.476 e. The number of nitrogens with zero attached hydrogens (tertiary/aromatic N) is 2. The van der Waals surface area contributed by atoms with Crippen molar-refractivity contribution < 1.29 is 9.90 Å². The third-order valence-corrected chi connectivity index (χ3v) is 3.45. The average Bonchev–Trinajstić information content (AvgIpc) is 2.75. The fourth-order valence-corrected chi connectivity index (χ4v) is 2.67. The lowest BCUT2D eigenvalue weighted by molar-refractivity contribution is 0.0690. The van der Waals surface area contributed by atoms with Gasteiger partial charge in [-0.2, -0.15) is 0 Å². The third-order valence-electron chi connectivity index (χ3n) is 2.29. The van der Waals surface area contributed by atoms with Crippen molar-refractivity contribution in [3.63, 3.8) is 0 Å². The highest BCUT2D eigenvalue weighted by Crippen LogP contribution is 2.28. The van der Waals surface area contributed by atoms with Crippen LogP contribution in [0.5, 0.6) is 0 Å². The van der Waals surface area contributed by atoms with Crippen molar-refractivity contribution in [1.29, 1.82) is 0 Å². The number of carboxylic acid groups (broad SMARTS) is 1. The normalized spacial score (nSPS) is 10.4. The van der Waals surface area contributed by atoms with Crippen LogP contribution in [0.4, 0.5) is 0 Å². The Kier molecular flexibility index (Phi) is 3.49. The lowest BCUT2D eigenvalue weighted by Gasteiger charge is -1.92. The van der Waals surface area contributed by atoms with Crippen LogP contribution < -0.4 is 0 Å². The maximum atomic E-state index is 11.1. The summed E-state index contributed by atoms with van der Waals surface area (Å²) in [6, 6.07) is 3.70. The summed E-state index contributed by atoms with van der Waals surface area (Å²) in [6.07, 6.45) is 5.04. The summed E-state index contributed by atoms with van der Waals surface area (Å²) in [5, 5.41) is 9.80. The number of pyridine rings is 1. The molecule has 0 saturated carbocycles. The van der Waals surface area contributed by atoms with Gasteiger partial charge in [0, 0.05) is 22.8 Å². The van der Waals surface area contributed by atoms with Gasteiger partial charge in [-0.3, -0.25) is 4.98 Å². The Morgan fingerprint density at radius 1 is 1.53 bits per heavy atom. The van der Waals surface area contributed by atoms with Crippen molar-refractivity contribution in [2.24, 2.45) is 0 Å². The standard InChI is InChI=1S/C12H12N2O2S/c1-2-4-9-10(12(15)16)14-11(17-9)8-5-3-6-13-7-8/h3,5-7H,2,4H2,1H3,(H,15,16). The number of hydrogen-bond donors (Lipinski definition) is 1. The Hall–Kier alpha value is -1.75. The molecule has 0 fully saturated rings. The first-order valence-corrected chi connectivity index (χ1v) is 6.17. The van der Waals surface area contributed by atoms with Crippen molar-refractivity contribution in [1.82, 2.24) is 9.97 Å². The highest BCUT2D eigenvalue weighted by atomic mass is 32.1. The Labute approximate surface area is 103 Å². The van der Waals surface area contributed by atoms with E-state index in [1.54, 1.807) is 12.4 Å². The van der Waals surface area contributed by atoms with Gasteiger partial charge in [0.15, 0.2) is 5.69 Å². The summed E-state index contributed by atoms with van der Waals surface area (Å²) in [6.45, 7) is 2.02. The Morgan fingerprint density at radius 2 is 2.35 bits per heavy atom. The molecule has 0 amide bonds. The predicted molar refractivity (Wildman–Crippen MR) is 66.3 cm³/mol. The van der Waals surface area contributed by atoms with Gasteiger partial charge >= 0.3 is 5.97 Å². The van der Waals surface area contributed by atoms with Gasteiger partial charge in [-0.25, -0.2) is 9.78 Å². The molecule has 0 aliphatic carbocycles. The molecule has 0 aromatic carbocycles. The molecule has 0 bridgehead atoms. The van der Waals surface area contributed by atoms with Crippen LogP contribution in [0.25, 0.3) is 10.6 Å². The minimum atomic E-state index is -0.958. The number of rotatable bonds is 4. The molecule has 0 aliphatic rings. The topological polar surface area (TPSA) is 63.1 Å². The molecule has 0 saturated heterocycles. The number of hydrogen-bond acceptors (Lipinski definition) is 4. The van der Waals surface area contributed by atoms with Crippen LogP contribution in [0, 0.1) is 0 Å². The second-order valence-electron chi connectivity index (χ2n) is 3.59. The summed E-state index contributed by atoms with van der Waals surface area (Å²) < 4.78 is 0. The number of thiazole rings is 1. The molecule has 0 spiro atoms. The van der Waals surface area contributed by atoms with Gasteiger partial charge in [0.1, 0.15) is 5.01 Å². The summed E-state index contributed by atoms with van der Waals surface area (Å²) >= 11 is 1.43. The number of aryl methyl sites for hydroxylation is 1. The van der Waals surface area contributed by atoms with E-state index in [-0.39, 0.29) is 5.69 Å². The van der Waals surface area contributed by atoms with Gasteiger partial charge < -0.3 is 5.11 Å². The highest BCUT2D eigenvalue weighted by molar-refractivity contribution is 7.15. The maximum absolute atomic E-state index is 11.1. The van der Waals surface area contributed by atoms with E-state index in [0.717, 1.165) is 28.3 Å². The molecule has 2 rings (SSSR count). The van der Waals surface area contributed by atoms with Crippen LogP contribution in [-0.4, -0.2) is 21.0 Å². The van der Waals surface area contributed by atoms with E-state index in [0.29, 0.717) is 0 Å². The van der Waals surface area contributed by atoms with Crippen LogP contribution in [0.15, 0.2) is 24.5 Å². The SMILES string of the molecule is CCCc1sc(-c2cccnc2)nc1C(=O)O. The van der Waals surface area contributed by atoms with Crippen molar-refractivity contribution >= 4 is 17.3 Å². The first-order chi connectivity index (χ1) is 8.22. The molecule has 0 radical (unpaired) electrons. The van der Waals surface area contributed by atoms with Crippen molar-refractivity contribution in [3.8, 4) is 10.6 Å². The van der Waals surface area contributed by atoms with Gasteiger partial charge in [-0.05, 0) is 18.6 Å². The van der Waals surface area contributed by atoms with Crippen LogP contribution in [0.2, 0.25) is 0 Å². The molecular weight excluding hydrogens is 236 g/mol. The zero-order chi connectivity index (χ0) is 12.3. The molecule has 88 valence electrons. The third kappa shape index (κ3) is 2.50. The molecule has 0 aliphatic heterocycles. The molecule has 2 aromatic rings. The largest absolute Gasteiger partial charge is 0.476 e. The van der Waals surface area contributed by atoms with E-state index in [1.807, 2.05) is 19.1 Å². The van der Waals surface area contributed by atoms with Crippen LogP contribution in [-0.2, 0) is 6.42 Å². The Morgan fingerprint density at radius 3 is 2.94 bits per heavy atom. The Bertz CT molecular complexity index is 523. The molecular formula is C12H12N2O2S. The first kappa shape index (κ1) is 11.7. The number of carbonyl (C=O) groups is 1. The second-order valence-corrected chi connectivity index (χ2v) is 4.67. The number of aromatic nitrogens is 2. The Balaban J connectivity index is 2.44. The van der Waals surface area contributed by atoms with Gasteiger partial charge in [-0.15, -0.1) is 11.3 Å². The van der Waals surface area contributed by atoms with Crippen molar-refractivity contribution in [2.45, 2.75) is 19.8 Å². The van der Waals surface area contributed by atoms with Gasteiger partial charge in [-0.1, -0.05) is 13.3 Å². The molecule has 5 heteroatoms. The average molecular weight is 248 g/mol. The summed E-state index contributed by atoms with van der Waals surface area (Å²) in [5.74, 6) is -0.958. The second kappa shape index (κ2) is 5.05. The van der Waals surface area contributed by atoms with Crippen LogP contribution >= 0.6 is 11.3 Å². The molecule has 1 N–H and O–H groups in total. The molecule has 17 heavy (non-hydrogen) atoms. The van der Waals surface area contributed by atoms with E-state index < -0.39 is 5.97 Å². The molecule has 2 heterocycles.